The van der Waals surface area contributed by atoms with E-state index in [-0.39, 0.29) is 6.61 Å². The topological polar surface area (TPSA) is 64.6 Å². The van der Waals surface area contributed by atoms with Crippen LogP contribution in [0.5, 0.6) is 5.75 Å². The fourth-order valence-electron chi connectivity index (χ4n) is 1.96. The number of esters is 1. The lowest BCUT2D eigenvalue weighted by atomic mass is 10.2. The SMILES string of the molecule is CCOc1ccc(NC(=O)COC(=O)/C=C/c2cccc(Cl)c2)cc1. The van der Waals surface area contributed by atoms with Gasteiger partial charge in [0.05, 0.1) is 6.61 Å². The first-order valence-corrected chi connectivity index (χ1v) is 8.07. The third-order valence-electron chi connectivity index (χ3n) is 3.06. The van der Waals surface area contributed by atoms with Gasteiger partial charge in [0.2, 0.25) is 0 Å². The zero-order valence-corrected chi connectivity index (χ0v) is 14.5. The molecular formula is C19H18ClNO4. The van der Waals surface area contributed by atoms with Crippen LogP contribution in [0.3, 0.4) is 0 Å². The van der Waals surface area contributed by atoms with Gasteiger partial charge < -0.3 is 14.8 Å². The number of anilines is 1. The summed E-state index contributed by atoms with van der Waals surface area (Å²) >= 11 is 5.86. The number of rotatable bonds is 7. The van der Waals surface area contributed by atoms with Crippen LogP contribution in [0.2, 0.25) is 5.02 Å². The smallest absolute Gasteiger partial charge is 0.331 e. The highest BCUT2D eigenvalue weighted by Crippen LogP contribution is 2.15. The van der Waals surface area contributed by atoms with Gasteiger partial charge in [-0.3, -0.25) is 4.79 Å². The zero-order chi connectivity index (χ0) is 18.1. The van der Waals surface area contributed by atoms with Crippen molar-refractivity contribution in [1.82, 2.24) is 0 Å². The van der Waals surface area contributed by atoms with Crippen molar-refractivity contribution in [2.24, 2.45) is 0 Å². The third kappa shape index (κ3) is 6.69. The van der Waals surface area contributed by atoms with E-state index in [4.69, 9.17) is 21.1 Å². The standard InChI is InChI=1S/C19H18ClNO4/c1-2-24-17-9-7-16(8-10-17)21-18(22)13-25-19(23)11-6-14-4-3-5-15(20)12-14/h3-12H,2,13H2,1H3,(H,21,22)/b11-6+. The number of amides is 1. The number of nitrogens with one attached hydrogen (secondary N) is 1. The Balaban J connectivity index is 1.78. The van der Waals surface area contributed by atoms with E-state index in [2.05, 4.69) is 5.32 Å². The summed E-state index contributed by atoms with van der Waals surface area (Å²) in [6, 6.07) is 13.9. The van der Waals surface area contributed by atoms with Crippen LogP contribution in [0.1, 0.15) is 12.5 Å². The van der Waals surface area contributed by atoms with Crippen LogP contribution in [-0.4, -0.2) is 25.1 Å². The van der Waals surface area contributed by atoms with E-state index in [1.165, 1.54) is 6.08 Å². The molecular weight excluding hydrogens is 342 g/mol. The average molecular weight is 360 g/mol. The Labute approximate surface area is 151 Å². The Kier molecular flexibility index (Phi) is 7.04. The molecule has 130 valence electrons. The van der Waals surface area contributed by atoms with E-state index in [0.717, 1.165) is 11.3 Å². The summed E-state index contributed by atoms with van der Waals surface area (Å²) in [4.78, 5) is 23.4. The van der Waals surface area contributed by atoms with Crippen molar-refractivity contribution >= 4 is 35.2 Å². The molecule has 1 N–H and O–H groups in total. The fraction of sp³-hybridized carbons (Fsp3) is 0.158. The molecule has 2 rings (SSSR count). The van der Waals surface area contributed by atoms with Gasteiger partial charge in [-0.1, -0.05) is 23.7 Å². The molecule has 0 aromatic heterocycles. The highest BCUT2D eigenvalue weighted by molar-refractivity contribution is 6.30. The maximum Gasteiger partial charge on any atom is 0.331 e. The van der Waals surface area contributed by atoms with Crippen molar-refractivity contribution in [3.05, 3.63) is 65.2 Å². The Morgan fingerprint density at radius 1 is 1.16 bits per heavy atom. The lowest BCUT2D eigenvalue weighted by Crippen LogP contribution is -2.20. The lowest BCUT2D eigenvalue weighted by Gasteiger charge is -2.07. The maximum atomic E-state index is 11.8. The quantitative estimate of drug-likeness (QED) is 0.601. The molecule has 0 atom stereocenters. The molecule has 0 aliphatic heterocycles. The summed E-state index contributed by atoms with van der Waals surface area (Å²) in [6.45, 7) is 2.10. The van der Waals surface area contributed by atoms with Crippen LogP contribution in [0.15, 0.2) is 54.6 Å². The van der Waals surface area contributed by atoms with Crippen LogP contribution >= 0.6 is 11.6 Å². The molecule has 0 aliphatic carbocycles. The number of carbonyl (C=O) groups excluding carboxylic acids is 2. The number of hydrogen-bond donors (Lipinski definition) is 1. The molecule has 5 nitrogen and oxygen atoms in total. The monoisotopic (exact) mass is 359 g/mol. The Morgan fingerprint density at radius 3 is 2.60 bits per heavy atom. The van der Waals surface area contributed by atoms with Crippen LogP contribution in [-0.2, 0) is 14.3 Å². The minimum atomic E-state index is -0.609. The second-order valence-corrected chi connectivity index (χ2v) is 5.44. The molecule has 0 heterocycles. The van der Waals surface area contributed by atoms with E-state index >= 15 is 0 Å². The van der Waals surface area contributed by atoms with E-state index < -0.39 is 11.9 Å². The molecule has 1 amide bonds. The number of benzene rings is 2. The van der Waals surface area contributed by atoms with Gasteiger partial charge in [0, 0.05) is 16.8 Å². The van der Waals surface area contributed by atoms with Crippen molar-refractivity contribution < 1.29 is 19.1 Å². The van der Waals surface area contributed by atoms with E-state index in [0.29, 0.717) is 17.3 Å². The summed E-state index contributed by atoms with van der Waals surface area (Å²) in [6.07, 6.45) is 2.81. The molecule has 0 saturated carbocycles. The molecule has 0 spiro atoms. The molecule has 0 bridgehead atoms. The van der Waals surface area contributed by atoms with Gasteiger partial charge in [-0.15, -0.1) is 0 Å². The molecule has 0 aliphatic rings. The highest BCUT2D eigenvalue weighted by Gasteiger charge is 2.06. The fourth-order valence-corrected chi connectivity index (χ4v) is 2.16. The highest BCUT2D eigenvalue weighted by atomic mass is 35.5. The van der Waals surface area contributed by atoms with Gasteiger partial charge >= 0.3 is 5.97 Å². The first-order chi connectivity index (χ1) is 12.1. The number of halogens is 1. The summed E-state index contributed by atoms with van der Waals surface area (Å²) < 4.78 is 10.2. The Morgan fingerprint density at radius 2 is 1.92 bits per heavy atom. The van der Waals surface area contributed by atoms with E-state index in [1.54, 1.807) is 54.6 Å². The molecule has 0 radical (unpaired) electrons. The predicted octanol–water partition coefficient (Wildman–Crippen LogP) is 3.93. The van der Waals surface area contributed by atoms with Crippen LogP contribution in [0, 0.1) is 0 Å². The summed E-state index contributed by atoms with van der Waals surface area (Å²) in [5, 5.41) is 3.21. The molecule has 0 fully saturated rings. The lowest BCUT2D eigenvalue weighted by molar-refractivity contribution is -0.142. The second-order valence-electron chi connectivity index (χ2n) is 5.00. The minimum absolute atomic E-state index is 0.369. The van der Waals surface area contributed by atoms with Crippen LogP contribution in [0.4, 0.5) is 5.69 Å². The summed E-state index contributed by atoms with van der Waals surface area (Å²) in [7, 11) is 0. The largest absolute Gasteiger partial charge is 0.494 e. The first kappa shape index (κ1) is 18.5. The van der Waals surface area contributed by atoms with Gasteiger partial charge in [-0.2, -0.15) is 0 Å². The van der Waals surface area contributed by atoms with Crippen molar-refractivity contribution in [1.29, 1.82) is 0 Å². The van der Waals surface area contributed by atoms with Crippen molar-refractivity contribution in [3.63, 3.8) is 0 Å². The maximum absolute atomic E-state index is 11.8. The van der Waals surface area contributed by atoms with Gasteiger partial charge in [-0.05, 0) is 55.0 Å². The van der Waals surface area contributed by atoms with Gasteiger partial charge in [-0.25, -0.2) is 4.79 Å². The van der Waals surface area contributed by atoms with E-state index in [9.17, 15) is 9.59 Å². The molecule has 2 aromatic carbocycles. The van der Waals surface area contributed by atoms with E-state index in [1.807, 2.05) is 6.92 Å². The summed E-state index contributed by atoms with van der Waals surface area (Å²) in [5.41, 5.74) is 1.36. The average Bonchev–Trinajstić information content (AvgIpc) is 2.60. The van der Waals surface area contributed by atoms with Crippen molar-refractivity contribution in [2.45, 2.75) is 6.92 Å². The van der Waals surface area contributed by atoms with Crippen molar-refractivity contribution in [2.75, 3.05) is 18.5 Å². The van der Waals surface area contributed by atoms with Crippen LogP contribution in [0.25, 0.3) is 6.08 Å². The van der Waals surface area contributed by atoms with Crippen molar-refractivity contribution in [3.8, 4) is 5.75 Å². The Hall–Kier alpha value is -2.79. The predicted molar refractivity (Wildman–Crippen MR) is 97.7 cm³/mol. The molecule has 6 heteroatoms. The normalized spacial score (nSPS) is 10.5. The van der Waals surface area contributed by atoms with Crippen LogP contribution < -0.4 is 10.1 Å². The van der Waals surface area contributed by atoms with Gasteiger partial charge in [0.15, 0.2) is 6.61 Å². The van der Waals surface area contributed by atoms with Gasteiger partial charge in [0.1, 0.15) is 5.75 Å². The van der Waals surface area contributed by atoms with Gasteiger partial charge in [0.25, 0.3) is 5.91 Å². The number of hydrogen-bond acceptors (Lipinski definition) is 4. The number of carbonyl (C=O) groups is 2. The second kappa shape index (κ2) is 9.49. The molecule has 25 heavy (non-hydrogen) atoms. The zero-order valence-electron chi connectivity index (χ0n) is 13.7. The molecule has 0 saturated heterocycles. The molecule has 0 unspecified atom stereocenters. The molecule has 2 aromatic rings. The minimum Gasteiger partial charge on any atom is -0.494 e. The summed E-state index contributed by atoms with van der Waals surface area (Å²) in [5.74, 6) is -0.312. The third-order valence-corrected chi connectivity index (χ3v) is 3.29. The first-order valence-electron chi connectivity index (χ1n) is 7.70. The number of ether oxygens (including phenoxy) is 2. The Bertz CT molecular complexity index is 756.